The molecule has 25 heavy (non-hydrogen) atoms. The van der Waals surface area contributed by atoms with E-state index < -0.39 is 0 Å². The molecule has 4 aromatic rings. The molecule has 4 rings (SSSR count). The Kier molecular flexibility index (Phi) is 3.85. The van der Waals surface area contributed by atoms with Crippen LogP contribution in [0.3, 0.4) is 0 Å². The van der Waals surface area contributed by atoms with Gasteiger partial charge in [0.25, 0.3) is 5.91 Å². The van der Waals surface area contributed by atoms with Crippen LogP contribution in [0.5, 0.6) is 5.75 Å². The fraction of sp³-hybridized carbons (Fsp3) is 0.167. The molecule has 6 nitrogen and oxygen atoms in total. The quantitative estimate of drug-likeness (QED) is 0.605. The zero-order valence-corrected chi connectivity index (χ0v) is 14.6. The highest BCUT2D eigenvalue weighted by Gasteiger charge is 2.18. The van der Waals surface area contributed by atoms with E-state index in [1.165, 1.54) is 11.3 Å². The zero-order chi connectivity index (χ0) is 17.4. The van der Waals surface area contributed by atoms with Gasteiger partial charge in [-0.05, 0) is 44.2 Å². The van der Waals surface area contributed by atoms with E-state index in [-0.39, 0.29) is 5.91 Å². The van der Waals surface area contributed by atoms with Crippen LogP contribution in [0.25, 0.3) is 15.9 Å². The van der Waals surface area contributed by atoms with Crippen LogP contribution in [0.15, 0.2) is 42.6 Å². The smallest absolute Gasteiger partial charge is 0.276 e. The molecule has 3 heterocycles. The number of aromatic nitrogens is 3. The molecule has 0 spiro atoms. The summed E-state index contributed by atoms with van der Waals surface area (Å²) >= 11 is 1.42. The van der Waals surface area contributed by atoms with Crippen molar-refractivity contribution in [2.45, 2.75) is 13.8 Å². The summed E-state index contributed by atoms with van der Waals surface area (Å²) in [5, 5.41) is 3.44. The van der Waals surface area contributed by atoms with E-state index in [1.807, 2.05) is 56.4 Å². The van der Waals surface area contributed by atoms with Crippen LogP contribution in [0, 0.1) is 6.92 Å². The summed E-state index contributed by atoms with van der Waals surface area (Å²) in [5.41, 5.74) is 2.78. The number of hydrogen-bond acceptors (Lipinski definition) is 5. The minimum Gasteiger partial charge on any atom is -0.494 e. The van der Waals surface area contributed by atoms with Gasteiger partial charge in [-0.15, -0.1) is 0 Å². The third kappa shape index (κ3) is 2.83. The van der Waals surface area contributed by atoms with E-state index in [2.05, 4.69) is 15.3 Å². The van der Waals surface area contributed by atoms with Crippen LogP contribution in [0.2, 0.25) is 0 Å². The lowest BCUT2D eigenvalue weighted by Crippen LogP contribution is -2.15. The van der Waals surface area contributed by atoms with Gasteiger partial charge >= 0.3 is 0 Å². The third-order valence-electron chi connectivity index (χ3n) is 3.81. The molecule has 0 fully saturated rings. The van der Waals surface area contributed by atoms with Gasteiger partial charge in [-0.25, -0.2) is 9.97 Å². The number of aryl methyl sites for hydroxylation is 1. The van der Waals surface area contributed by atoms with E-state index in [9.17, 15) is 4.79 Å². The molecule has 1 amide bonds. The second-order valence-corrected chi connectivity index (χ2v) is 6.54. The van der Waals surface area contributed by atoms with Crippen LogP contribution >= 0.6 is 11.3 Å². The summed E-state index contributed by atoms with van der Waals surface area (Å²) in [7, 11) is 0. The normalized spacial score (nSPS) is 11.1. The summed E-state index contributed by atoms with van der Waals surface area (Å²) in [6, 6.07) is 11.4. The molecular formula is C18H16N4O2S. The number of carbonyl (C=O) groups excluding carboxylic acids is 1. The van der Waals surface area contributed by atoms with Gasteiger partial charge in [0.05, 0.1) is 22.5 Å². The summed E-state index contributed by atoms with van der Waals surface area (Å²) in [6.45, 7) is 4.39. The Balaban J connectivity index is 1.66. The highest BCUT2D eigenvalue weighted by molar-refractivity contribution is 7.22. The Labute approximate surface area is 148 Å². The van der Waals surface area contributed by atoms with Crippen LogP contribution in [0.1, 0.15) is 23.1 Å². The van der Waals surface area contributed by atoms with E-state index in [0.29, 0.717) is 23.1 Å². The molecule has 0 bridgehead atoms. The first kappa shape index (κ1) is 15.6. The fourth-order valence-corrected chi connectivity index (χ4v) is 3.65. The van der Waals surface area contributed by atoms with E-state index >= 15 is 0 Å². The minimum atomic E-state index is -0.222. The van der Waals surface area contributed by atoms with Gasteiger partial charge in [0, 0.05) is 6.20 Å². The van der Waals surface area contributed by atoms with Crippen LogP contribution in [-0.2, 0) is 0 Å². The maximum Gasteiger partial charge on any atom is 0.276 e. The molecule has 1 aromatic carbocycles. The third-order valence-corrected chi connectivity index (χ3v) is 4.74. The molecule has 0 aliphatic carbocycles. The average Bonchev–Trinajstić information content (AvgIpc) is 3.13. The maximum atomic E-state index is 12.7. The first-order chi connectivity index (χ1) is 12.2. The van der Waals surface area contributed by atoms with E-state index in [4.69, 9.17) is 4.74 Å². The largest absolute Gasteiger partial charge is 0.494 e. The molecule has 0 aliphatic heterocycles. The number of pyridine rings is 1. The first-order valence-corrected chi connectivity index (χ1v) is 8.76. The summed E-state index contributed by atoms with van der Waals surface area (Å²) in [6.07, 6.45) is 1.83. The van der Waals surface area contributed by atoms with E-state index in [0.717, 1.165) is 21.6 Å². The van der Waals surface area contributed by atoms with Gasteiger partial charge in [0.1, 0.15) is 17.1 Å². The highest BCUT2D eigenvalue weighted by atomic mass is 32.1. The lowest BCUT2D eigenvalue weighted by atomic mass is 10.3. The second kappa shape index (κ2) is 6.18. The molecule has 1 N–H and O–H groups in total. The number of ether oxygens (including phenoxy) is 1. The zero-order valence-electron chi connectivity index (χ0n) is 13.8. The Hall–Kier alpha value is -2.93. The van der Waals surface area contributed by atoms with Gasteiger partial charge in [-0.1, -0.05) is 17.4 Å². The van der Waals surface area contributed by atoms with Crippen molar-refractivity contribution in [1.29, 1.82) is 0 Å². The van der Waals surface area contributed by atoms with Crippen molar-refractivity contribution in [2.75, 3.05) is 11.9 Å². The lowest BCUT2D eigenvalue weighted by molar-refractivity contribution is 0.102. The predicted molar refractivity (Wildman–Crippen MR) is 98.7 cm³/mol. The average molecular weight is 352 g/mol. The molecule has 126 valence electrons. The van der Waals surface area contributed by atoms with Crippen molar-refractivity contribution in [3.63, 3.8) is 0 Å². The number of thiazole rings is 1. The van der Waals surface area contributed by atoms with E-state index in [1.54, 1.807) is 4.40 Å². The number of nitrogens with one attached hydrogen (secondary N) is 1. The van der Waals surface area contributed by atoms with Gasteiger partial charge in [-0.3, -0.25) is 14.5 Å². The molecule has 0 radical (unpaired) electrons. The summed E-state index contributed by atoms with van der Waals surface area (Å²) < 4.78 is 8.26. The number of carbonyl (C=O) groups is 1. The monoisotopic (exact) mass is 352 g/mol. The topological polar surface area (TPSA) is 68.5 Å². The van der Waals surface area contributed by atoms with Crippen molar-refractivity contribution in [3.05, 3.63) is 54.0 Å². The van der Waals surface area contributed by atoms with Crippen molar-refractivity contribution in [2.24, 2.45) is 0 Å². The number of nitrogens with zero attached hydrogens (tertiary/aromatic N) is 3. The summed E-state index contributed by atoms with van der Waals surface area (Å²) in [4.78, 5) is 21.6. The number of amides is 1. The van der Waals surface area contributed by atoms with Crippen LogP contribution in [0.4, 0.5) is 5.13 Å². The van der Waals surface area contributed by atoms with Crippen LogP contribution < -0.4 is 10.1 Å². The molecule has 7 heteroatoms. The van der Waals surface area contributed by atoms with Gasteiger partial charge < -0.3 is 4.74 Å². The molecule has 0 unspecified atom stereocenters. The van der Waals surface area contributed by atoms with Gasteiger partial charge in [0.2, 0.25) is 0 Å². The molecule has 0 saturated heterocycles. The van der Waals surface area contributed by atoms with Crippen molar-refractivity contribution in [3.8, 4) is 5.75 Å². The SMILES string of the molecule is CCOc1ccc2nc(NC(=O)c3c(C)nc4ccccn34)sc2c1. The number of benzene rings is 1. The number of fused-ring (bicyclic) bond motifs is 2. The Morgan fingerprint density at radius 1 is 1.28 bits per heavy atom. The number of rotatable bonds is 4. The lowest BCUT2D eigenvalue weighted by Gasteiger charge is -2.02. The molecule has 0 aliphatic rings. The Bertz CT molecular complexity index is 1080. The second-order valence-electron chi connectivity index (χ2n) is 5.51. The van der Waals surface area contributed by atoms with Crippen molar-refractivity contribution in [1.82, 2.24) is 14.4 Å². The van der Waals surface area contributed by atoms with Crippen molar-refractivity contribution < 1.29 is 9.53 Å². The van der Waals surface area contributed by atoms with Gasteiger partial charge in [-0.2, -0.15) is 0 Å². The number of hydrogen-bond donors (Lipinski definition) is 1. The van der Waals surface area contributed by atoms with Crippen LogP contribution in [-0.4, -0.2) is 26.9 Å². The predicted octanol–water partition coefficient (Wildman–Crippen LogP) is 3.90. The molecule has 0 saturated carbocycles. The maximum absolute atomic E-state index is 12.7. The molecule has 0 atom stereocenters. The molecule has 3 aromatic heterocycles. The fourth-order valence-electron chi connectivity index (χ4n) is 2.76. The van der Waals surface area contributed by atoms with Gasteiger partial charge in [0.15, 0.2) is 5.13 Å². The number of anilines is 1. The standard InChI is InChI=1S/C18H16N4O2S/c1-3-24-12-7-8-13-14(10-12)25-18(20-13)21-17(23)16-11(2)19-15-6-4-5-9-22(15)16/h4-10H,3H2,1-2H3,(H,20,21,23). The first-order valence-electron chi connectivity index (χ1n) is 7.94. The van der Waals surface area contributed by atoms with Crippen molar-refractivity contribution >= 4 is 38.2 Å². The minimum absolute atomic E-state index is 0.222. The highest BCUT2D eigenvalue weighted by Crippen LogP contribution is 2.29. The number of imidazole rings is 1. The Morgan fingerprint density at radius 3 is 3.00 bits per heavy atom. The molecular weight excluding hydrogens is 336 g/mol. The Morgan fingerprint density at radius 2 is 2.16 bits per heavy atom. The summed E-state index contributed by atoms with van der Waals surface area (Å²) in [5.74, 6) is 0.578.